The van der Waals surface area contributed by atoms with Crippen LogP contribution >= 0.6 is 0 Å². The van der Waals surface area contributed by atoms with Gasteiger partial charge < -0.3 is 9.80 Å². The lowest BCUT2D eigenvalue weighted by molar-refractivity contribution is 0.0760. The van der Waals surface area contributed by atoms with E-state index in [1.165, 1.54) is 0 Å². The number of amides is 1. The molecular weight excluding hydrogens is 214 g/mol. The quantitative estimate of drug-likeness (QED) is 0.771. The Morgan fingerprint density at radius 3 is 2.82 bits per heavy atom. The molecule has 4 heteroatoms. The Kier molecular flexibility index (Phi) is 3.74. The summed E-state index contributed by atoms with van der Waals surface area (Å²) in [4.78, 5) is 20.5. The molecule has 0 saturated heterocycles. The molecule has 2 rings (SSSR count). The van der Waals surface area contributed by atoms with Gasteiger partial charge in [-0.3, -0.25) is 9.78 Å². The van der Waals surface area contributed by atoms with Gasteiger partial charge >= 0.3 is 0 Å². The zero-order chi connectivity index (χ0) is 12.3. The van der Waals surface area contributed by atoms with Crippen LogP contribution in [0.4, 0.5) is 0 Å². The van der Waals surface area contributed by atoms with Crippen LogP contribution in [-0.2, 0) is 6.54 Å². The number of nitrogens with zero attached hydrogens (tertiary/aromatic N) is 3. The van der Waals surface area contributed by atoms with Crippen LogP contribution in [0.3, 0.4) is 0 Å². The molecule has 92 valence electrons. The molecular formula is C13H19N3O. The van der Waals surface area contributed by atoms with Crippen LogP contribution in [0.5, 0.6) is 0 Å². The van der Waals surface area contributed by atoms with E-state index in [-0.39, 0.29) is 5.91 Å². The molecule has 0 radical (unpaired) electrons. The molecule has 0 spiro atoms. The Balaban J connectivity index is 1.96. The van der Waals surface area contributed by atoms with Gasteiger partial charge in [0.1, 0.15) is 0 Å². The summed E-state index contributed by atoms with van der Waals surface area (Å²) >= 11 is 0. The van der Waals surface area contributed by atoms with Gasteiger partial charge in [-0.05, 0) is 25.2 Å². The minimum absolute atomic E-state index is 0.125. The lowest BCUT2D eigenvalue weighted by Gasteiger charge is -2.22. The molecule has 0 bridgehead atoms. The number of pyridine rings is 1. The van der Waals surface area contributed by atoms with E-state index >= 15 is 0 Å². The first-order chi connectivity index (χ1) is 8.26. The number of carbonyl (C=O) groups is 1. The van der Waals surface area contributed by atoms with Gasteiger partial charge in [-0.1, -0.05) is 13.8 Å². The summed E-state index contributed by atoms with van der Waals surface area (Å²) < 4.78 is 0. The standard InChI is InChI=1S/C13H19N3O/c1-3-15(4-2)8-9-16-10-12-11(13(16)17)6-5-7-14-12/h5-7H,3-4,8-10H2,1-2H3. The second kappa shape index (κ2) is 5.27. The van der Waals surface area contributed by atoms with Gasteiger partial charge in [0.25, 0.3) is 5.91 Å². The molecule has 1 amide bonds. The summed E-state index contributed by atoms with van der Waals surface area (Å²) in [5.41, 5.74) is 1.68. The maximum atomic E-state index is 12.1. The molecule has 0 saturated carbocycles. The highest BCUT2D eigenvalue weighted by Crippen LogP contribution is 2.19. The first kappa shape index (κ1) is 12.0. The Morgan fingerprint density at radius 1 is 1.41 bits per heavy atom. The van der Waals surface area contributed by atoms with E-state index < -0.39 is 0 Å². The molecule has 0 N–H and O–H groups in total. The number of hydrogen-bond donors (Lipinski definition) is 0. The minimum atomic E-state index is 0.125. The van der Waals surface area contributed by atoms with Crippen LogP contribution in [0, 0.1) is 0 Å². The number of likely N-dealkylation sites (N-methyl/N-ethyl adjacent to an activating group) is 1. The van der Waals surface area contributed by atoms with Crippen molar-refractivity contribution in [2.75, 3.05) is 26.2 Å². The van der Waals surface area contributed by atoms with E-state index in [4.69, 9.17) is 0 Å². The summed E-state index contributed by atoms with van der Waals surface area (Å²) in [7, 11) is 0. The summed E-state index contributed by atoms with van der Waals surface area (Å²) in [6.45, 7) is 8.74. The maximum absolute atomic E-state index is 12.1. The van der Waals surface area contributed by atoms with Crippen LogP contribution in [-0.4, -0.2) is 46.9 Å². The third-order valence-corrected chi connectivity index (χ3v) is 3.33. The lowest BCUT2D eigenvalue weighted by atomic mass is 10.2. The highest BCUT2D eigenvalue weighted by molar-refractivity contribution is 5.97. The second-order valence-corrected chi connectivity index (χ2v) is 4.25. The van der Waals surface area contributed by atoms with Crippen molar-refractivity contribution in [3.63, 3.8) is 0 Å². The Labute approximate surface area is 102 Å². The fourth-order valence-electron chi connectivity index (χ4n) is 2.16. The number of aromatic nitrogens is 1. The van der Waals surface area contributed by atoms with Gasteiger partial charge in [-0.2, -0.15) is 0 Å². The molecule has 1 aliphatic heterocycles. The molecule has 1 aromatic heterocycles. The fraction of sp³-hybridized carbons (Fsp3) is 0.538. The smallest absolute Gasteiger partial charge is 0.256 e. The van der Waals surface area contributed by atoms with Gasteiger partial charge in [0.05, 0.1) is 17.8 Å². The monoisotopic (exact) mass is 233 g/mol. The van der Waals surface area contributed by atoms with E-state index in [1.54, 1.807) is 6.20 Å². The van der Waals surface area contributed by atoms with E-state index in [1.807, 2.05) is 17.0 Å². The van der Waals surface area contributed by atoms with Crippen molar-refractivity contribution >= 4 is 5.91 Å². The lowest BCUT2D eigenvalue weighted by Crippen LogP contribution is -2.35. The second-order valence-electron chi connectivity index (χ2n) is 4.25. The van der Waals surface area contributed by atoms with Crippen molar-refractivity contribution in [3.8, 4) is 0 Å². The number of hydrogen-bond acceptors (Lipinski definition) is 3. The van der Waals surface area contributed by atoms with Gasteiger partial charge in [0.15, 0.2) is 0 Å². The van der Waals surface area contributed by atoms with E-state index in [0.29, 0.717) is 6.54 Å². The van der Waals surface area contributed by atoms with E-state index in [9.17, 15) is 4.79 Å². The van der Waals surface area contributed by atoms with Gasteiger partial charge in [0, 0.05) is 19.3 Å². The first-order valence-corrected chi connectivity index (χ1v) is 6.21. The first-order valence-electron chi connectivity index (χ1n) is 6.21. The third kappa shape index (κ3) is 2.47. The summed E-state index contributed by atoms with van der Waals surface area (Å²) in [5.74, 6) is 0.125. The number of carbonyl (C=O) groups excluding carboxylic acids is 1. The third-order valence-electron chi connectivity index (χ3n) is 3.33. The molecule has 0 aromatic carbocycles. The molecule has 0 unspecified atom stereocenters. The van der Waals surface area contributed by atoms with Gasteiger partial charge in [0.2, 0.25) is 0 Å². The molecule has 1 aliphatic rings. The SMILES string of the molecule is CCN(CC)CCN1Cc2ncccc2C1=O. The van der Waals surface area contributed by atoms with Gasteiger partial charge in [-0.15, -0.1) is 0 Å². The van der Waals surface area contributed by atoms with Crippen molar-refractivity contribution < 1.29 is 4.79 Å². The van der Waals surface area contributed by atoms with Crippen molar-refractivity contribution in [1.82, 2.24) is 14.8 Å². The number of fused-ring (bicyclic) bond motifs is 1. The minimum Gasteiger partial charge on any atom is -0.331 e. The average Bonchev–Trinajstić information content (AvgIpc) is 2.68. The van der Waals surface area contributed by atoms with Crippen LogP contribution in [0.1, 0.15) is 29.9 Å². The Hall–Kier alpha value is -1.42. The zero-order valence-electron chi connectivity index (χ0n) is 10.5. The predicted octanol–water partition coefficient (Wildman–Crippen LogP) is 1.38. The summed E-state index contributed by atoms with van der Waals surface area (Å²) in [6, 6.07) is 3.69. The molecule has 1 aromatic rings. The molecule has 0 fully saturated rings. The van der Waals surface area contributed by atoms with E-state index in [0.717, 1.165) is 37.4 Å². The molecule has 0 aliphatic carbocycles. The van der Waals surface area contributed by atoms with Crippen LogP contribution < -0.4 is 0 Å². The Morgan fingerprint density at radius 2 is 2.18 bits per heavy atom. The largest absolute Gasteiger partial charge is 0.331 e. The molecule has 17 heavy (non-hydrogen) atoms. The van der Waals surface area contributed by atoms with Crippen molar-refractivity contribution in [2.45, 2.75) is 20.4 Å². The maximum Gasteiger partial charge on any atom is 0.256 e. The fourth-order valence-corrected chi connectivity index (χ4v) is 2.16. The molecule has 4 nitrogen and oxygen atoms in total. The highest BCUT2D eigenvalue weighted by atomic mass is 16.2. The van der Waals surface area contributed by atoms with Crippen LogP contribution in [0.15, 0.2) is 18.3 Å². The predicted molar refractivity (Wildman–Crippen MR) is 66.8 cm³/mol. The van der Waals surface area contributed by atoms with Crippen molar-refractivity contribution in [2.24, 2.45) is 0 Å². The highest BCUT2D eigenvalue weighted by Gasteiger charge is 2.27. The number of rotatable bonds is 5. The molecule has 0 atom stereocenters. The molecule has 2 heterocycles. The average molecular weight is 233 g/mol. The van der Waals surface area contributed by atoms with Crippen molar-refractivity contribution in [1.29, 1.82) is 0 Å². The summed E-state index contributed by atoms with van der Waals surface area (Å²) in [5, 5.41) is 0. The van der Waals surface area contributed by atoms with E-state index in [2.05, 4.69) is 23.7 Å². The van der Waals surface area contributed by atoms with Gasteiger partial charge in [-0.25, -0.2) is 0 Å². The van der Waals surface area contributed by atoms with Crippen molar-refractivity contribution in [3.05, 3.63) is 29.6 Å². The normalized spacial score (nSPS) is 14.5. The summed E-state index contributed by atoms with van der Waals surface area (Å²) in [6.07, 6.45) is 1.75. The van der Waals surface area contributed by atoms with Crippen LogP contribution in [0.25, 0.3) is 0 Å². The zero-order valence-corrected chi connectivity index (χ0v) is 10.5. The van der Waals surface area contributed by atoms with Crippen LogP contribution in [0.2, 0.25) is 0 Å². The topological polar surface area (TPSA) is 36.4 Å². The Bertz CT molecular complexity index is 401.